The van der Waals surface area contributed by atoms with Crippen molar-refractivity contribution in [2.75, 3.05) is 6.54 Å². The van der Waals surface area contributed by atoms with Crippen LogP contribution in [-0.2, 0) is 6.54 Å². The zero-order chi connectivity index (χ0) is 10.4. The highest BCUT2D eigenvalue weighted by molar-refractivity contribution is 7.08. The summed E-state index contributed by atoms with van der Waals surface area (Å²) >= 11 is 1.71. The van der Waals surface area contributed by atoms with Crippen LogP contribution in [0.4, 0.5) is 0 Å². The van der Waals surface area contributed by atoms with E-state index in [2.05, 4.69) is 34.9 Å². The standard InChI is InChI=1S/C10H17N3S/c1-3-4-12-10(11)13-5-9-7-14-6-8(9)2/h6-7H,3-5H2,1-2H3,(H3,11,12,13). The van der Waals surface area contributed by atoms with Crippen LogP contribution < -0.4 is 11.1 Å². The molecular formula is C10H17N3S. The first-order valence-electron chi connectivity index (χ1n) is 4.79. The van der Waals surface area contributed by atoms with Crippen molar-refractivity contribution in [1.29, 1.82) is 0 Å². The van der Waals surface area contributed by atoms with Crippen molar-refractivity contribution in [2.45, 2.75) is 26.8 Å². The summed E-state index contributed by atoms with van der Waals surface area (Å²) in [6, 6.07) is 0. The SMILES string of the molecule is CCCNC(N)=NCc1cscc1C. The van der Waals surface area contributed by atoms with Crippen LogP contribution in [0.5, 0.6) is 0 Å². The molecule has 0 unspecified atom stereocenters. The summed E-state index contributed by atoms with van der Waals surface area (Å²) in [6.07, 6.45) is 1.06. The molecule has 0 aromatic carbocycles. The Bertz CT molecular complexity index is 304. The smallest absolute Gasteiger partial charge is 0.188 e. The molecule has 0 aliphatic heterocycles. The molecule has 0 amide bonds. The van der Waals surface area contributed by atoms with E-state index in [0.29, 0.717) is 12.5 Å². The lowest BCUT2D eigenvalue weighted by atomic mass is 10.2. The van der Waals surface area contributed by atoms with Gasteiger partial charge >= 0.3 is 0 Å². The van der Waals surface area contributed by atoms with E-state index in [1.54, 1.807) is 11.3 Å². The van der Waals surface area contributed by atoms with Crippen molar-refractivity contribution in [1.82, 2.24) is 5.32 Å². The van der Waals surface area contributed by atoms with E-state index in [9.17, 15) is 0 Å². The molecule has 0 atom stereocenters. The molecule has 78 valence electrons. The van der Waals surface area contributed by atoms with Crippen LogP contribution in [0.3, 0.4) is 0 Å². The van der Waals surface area contributed by atoms with Gasteiger partial charge in [0.15, 0.2) is 5.96 Å². The molecule has 1 rings (SSSR count). The van der Waals surface area contributed by atoms with Gasteiger partial charge in [-0.05, 0) is 35.2 Å². The molecule has 0 bridgehead atoms. The van der Waals surface area contributed by atoms with Crippen LogP contribution in [0, 0.1) is 6.92 Å². The molecule has 0 spiro atoms. The summed E-state index contributed by atoms with van der Waals surface area (Å²) in [5.41, 5.74) is 8.22. The summed E-state index contributed by atoms with van der Waals surface area (Å²) in [5.74, 6) is 0.539. The Kier molecular flexibility index (Phi) is 4.46. The molecule has 1 aromatic rings. The van der Waals surface area contributed by atoms with Crippen molar-refractivity contribution < 1.29 is 0 Å². The Morgan fingerprint density at radius 3 is 2.93 bits per heavy atom. The van der Waals surface area contributed by atoms with Crippen LogP contribution in [0.15, 0.2) is 15.8 Å². The van der Waals surface area contributed by atoms with Gasteiger partial charge in [0.2, 0.25) is 0 Å². The maximum atomic E-state index is 5.67. The van der Waals surface area contributed by atoms with Crippen molar-refractivity contribution in [3.63, 3.8) is 0 Å². The van der Waals surface area contributed by atoms with Crippen molar-refractivity contribution >= 4 is 17.3 Å². The molecule has 14 heavy (non-hydrogen) atoms. The molecule has 0 fully saturated rings. The van der Waals surface area contributed by atoms with Crippen LogP contribution in [0.1, 0.15) is 24.5 Å². The number of hydrogen-bond acceptors (Lipinski definition) is 2. The van der Waals surface area contributed by atoms with Crippen LogP contribution in [-0.4, -0.2) is 12.5 Å². The lowest BCUT2D eigenvalue weighted by Gasteiger charge is -2.02. The van der Waals surface area contributed by atoms with E-state index >= 15 is 0 Å². The molecule has 1 aromatic heterocycles. The number of aliphatic imine (C=N–C) groups is 1. The first-order chi connectivity index (χ1) is 6.74. The predicted molar refractivity (Wildman–Crippen MR) is 62.7 cm³/mol. The second kappa shape index (κ2) is 5.65. The maximum Gasteiger partial charge on any atom is 0.188 e. The number of hydrogen-bond donors (Lipinski definition) is 2. The third-order valence-corrected chi connectivity index (χ3v) is 2.85. The van der Waals surface area contributed by atoms with Gasteiger partial charge in [-0.2, -0.15) is 11.3 Å². The lowest BCUT2D eigenvalue weighted by molar-refractivity contribution is 0.825. The molecule has 0 saturated carbocycles. The molecule has 3 nitrogen and oxygen atoms in total. The summed E-state index contributed by atoms with van der Waals surface area (Å²) in [5, 5.41) is 7.29. The quantitative estimate of drug-likeness (QED) is 0.590. The second-order valence-corrected chi connectivity index (χ2v) is 3.95. The second-order valence-electron chi connectivity index (χ2n) is 3.21. The van der Waals surface area contributed by atoms with Gasteiger partial charge in [0.05, 0.1) is 6.54 Å². The molecule has 1 heterocycles. The molecule has 0 saturated heterocycles. The highest BCUT2D eigenvalue weighted by Gasteiger charge is 1.97. The molecule has 0 radical (unpaired) electrons. The van der Waals surface area contributed by atoms with Crippen molar-refractivity contribution in [2.24, 2.45) is 10.7 Å². The van der Waals surface area contributed by atoms with Gasteiger partial charge in [0.25, 0.3) is 0 Å². The molecule has 4 heteroatoms. The van der Waals surface area contributed by atoms with Gasteiger partial charge in [0.1, 0.15) is 0 Å². The Labute approximate surface area is 89.0 Å². The number of thiophene rings is 1. The molecular weight excluding hydrogens is 194 g/mol. The first kappa shape index (κ1) is 11.0. The molecule has 0 aliphatic rings. The largest absolute Gasteiger partial charge is 0.370 e. The predicted octanol–water partition coefficient (Wildman–Crippen LogP) is 1.87. The third kappa shape index (κ3) is 3.38. The third-order valence-electron chi connectivity index (χ3n) is 1.94. The van der Waals surface area contributed by atoms with Gasteiger partial charge in [-0.3, -0.25) is 0 Å². The van der Waals surface area contributed by atoms with Gasteiger partial charge < -0.3 is 11.1 Å². The topological polar surface area (TPSA) is 50.4 Å². The Morgan fingerprint density at radius 1 is 1.57 bits per heavy atom. The van der Waals surface area contributed by atoms with E-state index in [1.165, 1.54) is 11.1 Å². The minimum absolute atomic E-state index is 0.539. The van der Waals surface area contributed by atoms with Crippen molar-refractivity contribution in [3.05, 3.63) is 21.9 Å². The Balaban J connectivity index is 2.42. The van der Waals surface area contributed by atoms with E-state index in [1.807, 2.05) is 0 Å². The number of nitrogens with zero attached hydrogens (tertiary/aromatic N) is 1. The van der Waals surface area contributed by atoms with E-state index in [-0.39, 0.29) is 0 Å². The van der Waals surface area contributed by atoms with E-state index < -0.39 is 0 Å². The number of nitrogens with one attached hydrogen (secondary N) is 1. The maximum absolute atomic E-state index is 5.67. The average molecular weight is 211 g/mol. The van der Waals surface area contributed by atoms with Gasteiger partial charge in [0, 0.05) is 6.54 Å². The van der Waals surface area contributed by atoms with Crippen LogP contribution in [0.2, 0.25) is 0 Å². The fourth-order valence-electron chi connectivity index (χ4n) is 1.03. The fourth-order valence-corrected chi connectivity index (χ4v) is 1.88. The zero-order valence-electron chi connectivity index (χ0n) is 8.71. The summed E-state index contributed by atoms with van der Waals surface area (Å²) in [4.78, 5) is 4.25. The highest BCUT2D eigenvalue weighted by atomic mass is 32.1. The molecule has 3 N–H and O–H groups in total. The van der Waals surface area contributed by atoms with Crippen molar-refractivity contribution in [3.8, 4) is 0 Å². The lowest BCUT2D eigenvalue weighted by Crippen LogP contribution is -2.32. The number of aryl methyl sites for hydroxylation is 1. The van der Waals surface area contributed by atoms with Gasteiger partial charge in [-0.25, -0.2) is 4.99 Å². The Hall–Kier alpha value is -1.03. The number of guanidine groups is 1. The summed E-state index contributed by atoms with van der Waals surface area (Å²) in [6.45, 7) is 5.76. The summed E-state index contributed by atoms with van der Waals surface area (Å²) in [7, 11) is 0. The van der Waals surface area contributed by atoms with Crippen LogP contribution in [0.25, 0.3) is 0 Å². The van der Waals surface area contributed by atoms with Crippen LogP contribution >= 0.6 is 11.3 Å². The first-order valence-corrected chi connectivity index (χ1v) is 5.73. The van der Waals surface area contributed by atoms with E-state index in [0.717, 1.165) is 13.0 Å². The summed E-state index contributed by atoms with van der Waals surface area (Å²) < 4.78 is 0. The zero-order valence-corrected chi connectivity index (χ0v) is 9.53. The number of rotatable bonds is 4. The molecule has 0 aliphatic carbocycles. The highest BCUT2D eigenvalue weighted by Crippen LogP contribution is 2.14. The minimum atomic E-state index is 0.539. The van der Waals surface area contributed by atoms with E-state index in [4.69, 9.17) is 5.73 Å². The van der Waals surface area contributed by atoms with Gasteiger partial charge in [-0.15, -0.1) is 0 Å². The Morgan fingerprint density at radius 2 is 2.36 bits per heavy atom. The fraction of sp³-hybridized carbons (Fsp3) is 0.500. The number of nitrogens with two attached hydrogens (primary N) is 1. The van der Waals surface area contributed by atoms with Gasteiger partial charge in [-0.1, -0.05) is 6.92 Å². The average Bonchev–Trinajstić information content (AvgIpc) is 2.58. The monoisotopic (exact) mass is 211 g/mol. The normalized spacial score (nSPS) is 11.7. The minimum Gasteiger partial charge on any atom is -0.370 e.